The van der Waals surface area contributed by atoms with E-state index in [-0.39, 0.29) is 17.5 Å². The van der Waals surface area contributed by atoms with Crippen molar-refractivity contribution in [2.24, 2.45) is 0 Å². The molecule has 2 N–H and O–H groups in total. The number of nitrogens with one attached hydrogen (secondary N) is 2. The summed E-state index contributed by atoms with van der Waals surface area (Å²) in [6, 6.07) is 13.1. The van der Waals surface area contributed by atoms with Crippen LogP contribution in [0.2, 0.25) is 0 Å². The van der Waals surface area contributed by atoms with Gasteiger partial charge in [0.1, 0.15) is 5.69 Å². The standard InChI is InChI=1S/C20H26N4O2/c1-24(2)14-6-11-22-20(26)18-15-17(10-13-21-18)19(25)23-12-9-16-7-4-3-5-8-16/h3-5,7-8,10,13,15H,6,9,11-12,14H2,1-2H3,(H,22,26)(H,23,25). The second kappa shape index (κ2) is 10.3. The van der Waals surface area contributed by atoms with E-state index in [2.05, 4.69) is 20.5 Å². The molecule has 0 spiro atoms. The Morgan fingerprint density at radius 2 is 1.73 bits per heavy atom. The maximum atomic E-state index is 12.3. The molecule has 6 heteroatoms. The Kier molecular flexibility index (Phi) is 7.76. The SMILES string of the molecule is CN(C)CCCNC(=O)c1cc(C(=O)NCCc2ccccc2)ccn1. The van der Waals surface area contributed by atoms with Crippen LogP contribution in [0.4, 0.5) is 0 Å². The predicted octanol–water partition coefficient (Wildman–Crippen LogP) is 1.74. The number of hydrogen-bond acceptors (Lipinski definition) is 4. The number of benzene rings is 1. The van der Waals surface area contributed by atoms with Gasteiger partial charge >= 0.3 is 0 Å². The van der Waals surface area contributed by atoms with E-state index >= 15 is 0 Å². The van der Waals surface area contributed by atoms with Crippen LogP contribution < -0.4 is 10.6 Å². The third kappa shape index (κ3) is 6.64. The fraction of sp³-hybridized carbons (Fsp3) is 0.350. The van der Waals surface area contributed by atoms with Crippen LogP contribution in [0.1, 0.15) is 32.8 Å². The number of amides is 2. The molecule has 1 aromatic heterocycles. The van der Waals surface area contributed by atoms with Crippen molar-refractivity contribution >= 4 is 11.8 Å². The highest BCUT2D eigenvalue weighted by molar-refractivity contribution is 5.98. The van der Waals surface area contributed by atoms with Crippen molar-refractivity contribution in [1.82, 2.24) is 20.5 Å². The van der Waals surface area contributed by atoms with Crippen LogP contribution in [0.15, 0.2) is 48.7 Å². The van der Waals surface area contributed by atoms with Gasteiger partial charge in [0.25, 0.3) is 11.8 Å². The molecule has 0 bridgehead atoms. The summed E-state index contributed by atoms with van der Waals surface area (Å²) in [5.41, 5.74) is 1.86. The summed E-state index contributed by atoms with van der Waals surface area (Å²) in [6.45, 7) is 2.01. The molecule has 2 aromatic rings. The molecule has 0 aliphatic rings. The molecule has 1 heterocycles. The fourth-order valence-corrected chi connectivity index (χ4v) is 2.45. The topological polar surface area (TPSA) is 74.3 Å². The average Bonchev–Trinajstić information content (AvgIpc) is 2.66. The number of rotatable bonds is 9. The lowest BCUT2D eigenvalue weighted by Gasteiger charge is -2.10. The Morgan fingerprint density at radius 1 is 1.00 bits per heavy atom. The number of carbonyl (C=O) groups is 2. The second-order valence-corrected chi connectivity index (χ2v) is 6.33. The predicted molar refractivity (Wildman–Crippen MR) is 102 cm³/mol. The van der Waals surface area contributed by atoms with Gasteiger partial charge in [-0.25, -0.2) is 0 Å². The van der Waals surface area contributed by atoms with Crippen LogP contribution in [0.3, 0.4) is 0 Å². The van der Waals surface area contributed by atoms with Crippen molar-refractivity contribution in [2.75, 3.05) is 33.7 Å². The summed E-state index contributed by atoms with van der Waals surface area (Å²) in [5, 5.41) is 5.70. The quantitative estimate of drug-likeness (QED) is 0.673. The van der Waals surface area contributed by atoms with Gasteiger partial charge in [-0.1, -0.05) is 30.3 Å². The Balaban J connectivity index is 1.83. The van der Waals surface area contributed by atoms with Gasteiger partial charge < -0.3 is 15.5 Å². The summed E-state index contributed by atoms with van der Waals surface area (Å²) < 4.78 is 0. The van der Waals surface area contributed by atoms with Gasteiger partial charge in [-0.3, -0.25) is 14.6 Å². The van der Waals surface area contributed by atoms with Crippen LogP contribution in [0, 0.1) is 0 Å². The first-order valence-corrected chi connectivity index (χ1v) is 8.77. The molecule has 0 aliphatic carbocycles. The third-order valence-electron chi connectivity index (χ3n) is 3.86. The van der Waals surface area contributed by atoms with E-state index in [1.165, 1.54) is 17.8 Å². The monoisotopic (exact) mass is 354 g/mol. The van der Waals surface area contributed by atoms with Crippen LogP contribution in [0.5, 0.6) is 0 Å². The van der Waals surface area contributed by atoms with Crippen LogP contribution >= 0.6 is 0 Å². The van der Waals surface area contributed by atoms with E-state index in [0.29, 0.717) is 18.7 Å². The zero-order valence-electron chi connectivity index (χ0n) is 15.4. The highest BCUT2D eigenvalue weighted by atomic mass is 16.2. The lowest BCUT2D eigenvalue weighted by atomic mass is 10.1. The molecule has 0 unspecified atom stereocenters. The molecule has 2 rings (SSSR count). The van der Waals surface area contributed by atoms with E-state index in [0.717, 1.165) is 19.4 Å². The summed E-state index contributed by atoms with van der Waals surface area (Å²) in [7, 11) is 3.98. The molecule has 138 valence electrons. The zero-order valence-corrected chi connectivity index (χ0v) is 15.4. The van der Waals surface area contributed by atoms with Crippen LogP contribution in [0.25, 0.3) is 0 Å². The highest BCUT2D eigenvalue weighted by Gasteiger charge is 2.11. The minimum absolute atomic E-state index is 0.204. The van der Waals surface area contributed by atoms with Gasteiger partial charge in [-0.05, 0) is 51.2 Å². The van der Waals surface area contributed by atoms with Crippen molar-refractivity contribution in [2.45, 2.75) is 12.8 Å². The van der Waals surface area contributed by atoms with Gasteiger partial charge in [-0.2, -0.15) is 0 Å². The smallest absolute Gasteiger partial charge is 0.269 e. The number of carbonyl (C=O) groups excluding carboxylic acids is 2. The molecule has 0 fully saturated rings. The maximum absolute atomic E-state index is 12.3. The number of aromatic nitrogens is 1. The molecule has 26 heavy (non-hydrogen) atoms. The van der Waals surface area contributed by atoms with Gasteiger partial charge in [0.2, 0.25) is 0 Å². The molecule has 0 aliphatic heterocycles. The molecule has 0 saturated carbocycles. The van der Waals surface area contributed by atoms with E-state index in [1.807, 2.05) is 44.4 Å². The van der Waals surface area contributed by atoms with Crippen molar-refractivity contribution < 1.29 is 9.59 Å². The Hall–Kier alpha value is -2.73. The van der Waals surface area contributed by atoms with Crippen molar-refractivity contribution in [1.29, 1.82) is 0 Å². The first-order valence-electron chi connectivity index (χ1n) is 8.77. The Morgan fingerprint density at radius 3 is 2.46 bits per heavy atom. The normalized spacial score (nSPS) is 10.6. The third-order valence-corrected chi connectivity index (χ3v) is 3.86. The number of hydrogen-bond donors (Lipinski definition) is 2. The Labute approximate surface area is 154 Å². The van der Waals surface area contributed by atoms with Crippen molar-refractivity contribution in [3.63, 3.8) is 0 Å². The van der Waals surface area contributed by atoms with E-state index < -0.39 is 0 Å². The molecule has 0 saturated heterocycles. The summed E-state index contributed by atoms with van der Waals surface area (Å²) in [4.78, 5) is 30.5. The summed E-state index contributed by atoms with van der Waals surface area (Å²) in [6.07, 6.45) is 3.11. The molecular weight excluding hydrogens is 328 g/mol. The number of nitrogens with zero attached hydrogens (tertiary/aromatic N) is 2. The van der Waals surface area contributed by atoms with Gasteiger partial charge in [0.05, 0.1) is 0 Å². The molecule has 2 amide bonds. The van der Waals surface area contributed by atoms with Gasteiger partial charge in [-0.15, -0.1) is 0 Å². The van der Waals surface area contributed by atoms with Crippen molar-refractivity contribution in [3.8, 4) is 0 Å². The lowest BCUT2D eigenvalue weighted by molar-refractivity contribution is 0.0947. The molecule has 0 atom stereocenters. The summed E-state index contributed by atoms with van der Waals surface area (Å²) >= 11 is 0. The van der Waals surface area contributed by atoms with Gasteiger partial charge in [0.15, 0.2) is 0 Å². The van der Waals surface area contributed by atoms with E-state index in [4.69, 9.17) is 0 Å². The molecule has 1 aromatic carbocycles. The first-order chi connectivity index (χ1) is 12.6. The van der Waals surface area contributed by atoms with Crippen LogP contribution in [-0.4, -0.2) is 55.4 Å². The van der Waals surface area contributed by atoms with Crippen LogP contribution in [-0.2, 0) is 6.42 Å². The minimum Gasteiger partial charge on any atom is -0.352 e. The molecule has 6 nitrogen and oxygen atoms in total. The minimum atomic E-state index is -0.261. The molecule has 0 radical (unpaired) electrons. The first kappa shape index (κ1) is 19.6. The average molecular weight is 354 g/mol. The number of pyridine rings is 1. The van der Waals surface area contributed by atoms with E-state index in [1.54, 1.807) is 6.07 Å². The zero-order chi connectivity index (χ0) is 18.8. The second-order valence-electron chi connectivity index (χ2n) is 6.33. The fourth-order valence-electron chi connectivity index (χ4n) is 2.45. The lowest BCUT2D eigenvalue weighted by Crippen LogP contribution is -2.29. The Bertz CT molecular complexity index is 717. The molecular formula is C20H26N4O2. The van der Waals surface area contributed by atoms with Crippen molar-refractivity contribution in [3.05, 3.63) is 65.5 Å². The van der Waals surface area contributed by atoms with E-state index in [9.17, 15) is 9.59 Å². The largest absolute Gasteiger partial charge is 0.352 e. The summed E-state index contributed by atoms with van der Waals surface area (Å²) in [5.74, 6) is -0.465. The highest BCUT2D eigenvalue weighted by Crippen LogP contribution is 2.03. The van der Waals surface area contributed by atoms with Gasteiger partial charge in [0, 0.05) is 24.8 Å². The maximum Gasteiger partial charge on any atom is 0.269 e.